The minimum absolute atomic E-state index is 0.409. The molecule has 1 unspecified atom stereocenters. The Bertz CT molecular complexity index is 118. The topological polar surface area (TPSA) is 32.6 Å². The van der Waals surface area contributed by atoms with Crippen molar-refractivity contribution in [2.24, 2.45) is 16.5 Å². The van der Waals surface area contributed by atoms with E-state index in [0.29, 0.717) is 11.3 Å². The first-order valence-corrected chi connectivity index (χ1v) is 2.84. The SMILES string of the molecule is CC1(C)CC1/C=N/O. The van der Waals surface area contributed by atoms with Crippen LogP contribution in [0.2, 0.25) is 0 Å². The zero-order chi connectivity index (χ0) is 6.20. The van der Waals surface area contributed by atoms with Gasteiger partial charge in [-0.1, -0.05) is 13.8 Å². The van der Waals surface area contributed by atoms with Gasteiger partial charge in [-0.2, -0.15) is 0 Å². The summed E-state index contributed by atoms with van der Waals surface area (Å²) in [6.07, 6.45) is 2.77. The molecular formula is C6H11NO. The van der Waals surface area contributed by atoms with Gasteiger partial charge in [-0.25, -0.2) is 0 Å². The van der Waals surface area contributed by atoms with E-state index in [2.05, 4.69) is 19.0 Å². The molecule has 0 spiro atoms. The molecule has 0 bridgehead atoms. The highest BCUT2D eigenvalue weighted by molar-refractivity contribution is 5.65. The Hall–Kier alpha value is -0.530. The van der Waals surface area contributed by atoms with Crippen molar-refractivity contribution in [3.63, 3.8) is 0 Å². The maximum Gasteiger partial charge on any atom is 0.0472 e. The zero-order valence-electron chi connectivity index (χ0n) is 5.26. The van der Waals surface area contributed by atoms with Crippen molar-refractivity contribution in [2.45, 2.75) is 20.3 Å². The van der Waals surface area contributed by atoms with Gasteiger partial charge in [0.2, 0.25) is 0 Å². The summed E-state index contributed by atoms with van der Waals surface area (Å²) in [5.74, 6) is 0.521. The first-order chi connectivity index (χ1) is 3.67. The van der Waals surface area contributed by atoms with Gasteiger partial charge in [0.25, 0.3) is 0 Å². The minimum atomic E-state index is 0.409. The normalized spacial score (nSPS) is 33.5. The van der Waals surface area contributed by atoms with E-state index >= 15 is 0 Å². The van der Waals surface area contributed by atoms with Crippen molar-refractivity contribution in [3.05, 3.63) is 0 Å². The highest BCUT2D eigenvalue weighted by Gasteiger charge is 2.44. The molecule has 2 nitrogen and oxygen atoms in total. The third kappa shape index (κ3) is 0.831. The Balaban J connectivity index is 2.37. The van der Waals surface area contributed by atoms with Crippen molar-refractivity contribution in [3.8, 4) is 0 Å². The summed E-state index contributed by atoms with van der Waals surface area (Å²) in [7, 11) is 0. The van der Waals surface area contributed by atoms with Gasteiger partial charge in [-0.05, 0) is 11.8 Å². The molecule has 0 aromatic heterocycles. The molecule has 1 N–H and O–H groups in total. The summed E-state index contributed by atoms with van der Waals surface area (Å²) in [5.41, 5.74) is 0.409. The highest BCUT2D eigenvalue weighted by Crippen LogP contribution is 2.50. The van der Waals surface area contributed by atoms with Crippen LogP contribution in [0.3, 0.4) is 0 Å². The van der Waals surface area contributed by atoms with E-state index in [1.54, 1.807) is 6.21 Å². The predicted molar refractivity (Wildman–Crippen MR) is 32.2 cm³/mol. The van der Waals surface area contributed by atoms with Gasteiger partial charge in [-0.15, -0.1) is 5.16 Å². The molecule has 8 heavy (non-hydrogen) atoms. The first kappa shape index (κ1) is 5.60. The third-order valence-electron chi connectivity index (χ3n) is 1.84. The fraction of sp³-hybridized carbons (Fsp3) is 0.833. The molecule has 2 heteroatoms. The summed E-state index contributed by atoms with van der Waals surface area (Å²) in [4.78, 5) is 0. The summed E-state index contributed by atoms with van der Waals surface area (Å²) in [6, 6.07) is 0. The Labute approximate surface area is 49.2 Å². The molecule has 0 aromatic rings. The Morgan fingerprint density at radius 1 is 1.75 bits per heavy atom. The third-order valence-corrected chi connectivity index (χ3v) is 1.84. The lowest BCUT2D eigenvalue weighted by atomic mass is 10.1. The fourth-order valence-corrected chi connectivity index (χ4v) is 0.843. The molecule has 0 heterocycles. The van der Waals surface area contributed by atoms with E-state index in [-0.39, 0.29) is 0 Å². The number of hydrogen-bond acceptors (Lipinski definition) is 2. The highest BCUT2D eigenvalue weighted by atomic mass is 16.4. The van der Waals surface area contributed by atoms with Gasteiger partial charge in [0.05, 0.1) is 0 Å². The van der Waals surface area contributed by atoms with Crippen LogP contribution in [0.15, 0.2) is 5.16 Å². The predicted octanol–water partition coefficient (Wildman–Crippen LogP) is 1.49. The van der Waals surface area contributed by atoms with E-state index in [4.69, 9.17) is 5.21 Å². The van der Waals surface area contributed by atoms with E-state index in [1.807, 2.05) is 0 Å². The van der Waals surface area contributed by atoms with Crippen molar-refractivity contribution in [1.82, 2.24) is 0 Å². The van der Waals surface area contributed by atoms with Crippen LogP contribution < -0.4 is 0 Å². The molecule has 1 atom stereocenters. The maximum atomic E-state index is 8.08. The Morgan fingerprint density at radius 3 is 2.38 bits per heavy atom. The zero-order valence-corrected chi connectivity index (χ0v) is 5.26. The summed E-state index contributed by atoms with van der Waals surface area (Å²) in [5, 5.41) is 11.0. The van der Waals surface area contributed by atoms with Crippen LogP contribution in [0.5, 0.6) is 0 Å². The lowest BCUT2D eigenvalue weighted by Crippen LogP contribution is -1.89. The number of nitrogens with zero attached hydrogens (tertiary/aromatic N) is 1. The van der Waals surface area contributed by atoms with Gasteiger partial charge in [0.15, 0.2) is 0 Å². The van der Waals surface area contributed by atoms with E-state index in [9.17, 15) is 0 Å². The number of hydrogen-bond donors (Lipinski definition) is 1. The van der Waals surface area contributed by atoms with Gasteiger partial charge >= 0.3 is 0 Å². The molecule has 0 aromatic carbocycles. The van der Waals surface area contributed by atoms with Gasteiger partial charge in [-0.3, -0.25) is 0 Å². The summed E-state index contributed by atoms with van der Waals surface area (Å²) < 4.78 is 0. The molecule has 1 saturated carbocycles. The molecule has 0 radical (unpaired) electrons. The molecule has 1 aliphatic carbocycles. The second kappa shape index (κ2) is 1.47. The van der Waals surface area contributed by atoms with Crippen molar-refractivity contribution in [2.75, 3.05) is 0 Å². The molecule has 0 aliphatic heterocycles. The Morgan fingerprint density at radius 2 is 2.25 bits per heavy atom. The largest absolute Gasteiger partial charge is 0.411 e. The van der Waals surface area contributed by atoms with Crippen molar-refractivity contribution < 1.29 is 5.21 Å². The molecule has 46 valence electrons. The molecule has 0 saturated heterocycles. The van der Waals surface area contributed by atoms with Gasteiger partial charge in [0, 0.05) is 12.1 Å². The number of rotatable bonds is 1. The van der Waals surface area contributed by atoms with Gasteiger partial charge < -0.3 is 5.21 Å². The maximum absolute atomic E-state index is 8.08. The molecular weight excluding hydrogens is 102 g/mol. The average molecular weight is 113 g/mol. The standard InChI is InChI=1S/C6H11NO/c1-6(2)3-5(6)4-7-8/h4-5,8H,3H2,1-2H3/b7-4+. The lowest BCUT2D eigenvalue weighted by molar-refractivity contribution is 0.319. The van der Waals surface area contributed by atoms with E-state index < -0.39 is 0 Å². The Kier molecular flexibility index (Phi) is 1.03. The first-order valence-electron chi connectivity index (χ1n) is 2.84. The van der Waals surface area contributed by atoms with Crippen LogP contribution >= 0.6 is 0 Å². The van der Waals surface area contributed by atoms with Crippen LogP contribution in [-0.4, -0.2) is 11.4 Å². The second-order valence-corrected chi connectivity index (χ2v) is 3.06. The molecule has 0 amide bonds. The quantitative estimate of drug-likeness (QED) is 0.312. The number of oxime groups is 1. The van der Waals surface area contributed by atoms with Crippen LogP contribution in [0.4, 0.5) is 0 Å². The average Bonchev–Trinajstić information content (AvgIpc) is 2.15. The van der Waals surface area contributed by atoms with Gasteiger partial charge in [0.1, 0.15) is 0 Å². The molecule has 1 rings (SSSR count). The van der Waals surface area contributed by atoms with Crippen molar-refractivity contribution >= 4 is 6.21 Å². The van der Waals surface area contributed by atoms with Crippen LogP contribution in [0.1, 0.15) is 20.3 Å². The lowest BCUT2D eigenvalue weighted by Gasteiger charge is -1.92. The summed E-state index contributed by atoms with van der Waals surface area (Å²) in [6.45, 7) is 4.33. The van der Waals surface area contributed by atoms with Crippen LogP contribution in [0.25, 0.3) is 0 Å². The van der Waals surface area contributed by atoms with Crippen LogP contribution in [-0.2, 0) is 0 Å². The monoisotopic (exact) mass is 113 g/mol. The van der Waals surface area contributed by atoms with Crippen molar-refractivity contribution in [1.29, 1.82) is 0 Å². The van der Waals surface area contributed by atoms with E-state index in [0.717, 1.165) is 6.42 Å². The smallest absolute Gasteiger partial charge is 0.0472 e. The minimum Gasteiger partial charge on any atom is -0.411 e. The van der Waals surface area contributed by atoms with Crippen LogP contribution in [0, 0.1) is 11.3 Å². The second-order valence-electron chi connectivity index (χ2n) is 3.06. The summed E-state index contributed by atoms with van der Waals surface area (Å²) >= 11 is 0. The van der Waals surface area contributed by atoms with E-state index in [1.165, 1.54) is 0 Å². The molecule has 1 fully saturated rings. The molecule has 1 aliphatic rings. The fourth-order valence-electron chi connectivity index (χ4n) is 0.843.